The van der Waals surface area contributed by atoms with E-state index in [1.165, 1.54) is 35.4 Å². The molecule has 0 bridgehead atoms. The molecule has 2 aliphatic heterocycles. The average Bonchev–Trinajstić information content (AvgIpc) is 3.29. The van der Waals surface area contributed by atoms with E-state index in [2.05, 4.69) is 35.4 Å². The predicted octanol–water partition coefficient (Wildman–Crippen LogP) is 8.19. The fourth-order valence-electron chi connectivity index (χ4n) is 5.21. The summed E-state index contributed by atoms with van der Waals surface area (Å²) in [5.41, 5.74) is 7.68. The number of thioether (sulfide) groups is 1. The maximum absolute atomic E-state index is 13.9. The molecule has 6 rings (SSSR count). The lowest BCUT2D eigenvalue weighted by atomic mass is 9.78. The van der Waals surface area contributed by atoms with Crippen LogP contribution in [0.1, 0.15) is 42.5 Å². The van der Waals surface area contributed by atoms with E-state index >= 15 is 0 Å². The summed E-state index contributed by atoms with van der Waals surface area (Å²) in [6.07, 6.45) is 3.96. The van der Waals surface area contributed by atoms with Crippen molar-refractivity contribution in [1.82, 2.24) is 4.90 Å². The van der Waals surface area contributed by atoms with E-state index in [1.807, 2.05) is 30.3 Å². The Bertz CT molecular complexity index is 1390. The van der Waals surface area contributed by atoms with Crippen LogP contribution >= 0.6 is 11.8 Å². The number of hydrogen-bond donors (Lipinski definition) is 0. The van der Waals surface area contributed by atoms with E-state index in [-0.39, 0.29) is 17.7 Å². The molecule has 35 heavy (non-hydrogen) atoms. The topological polar surface area (TPSA) is 15.6 Å². The Morgan fingerprint density at radius 1 is 0.886 bits per heavy atom. The van der Waals surface area contributed by atoms with Crippen LogP contribution in [-0.4, -0.2) is 10.1 Å². The van der Waals surface area contributed by atoms with Gasteiger partial charge in [-0.2, -0.15) is 0 Å². The van der Waals surface area contributed by atoms with Crippen molar-refractivity contribution in [1.29, 1.82) is 0 Å². The number of hydrogen-bond acceptors (Lipinski definition) is 3. The Hall–Kier alpha value is -3.44. The number of nitrogens with zero attached hydrogens (tertiary/aromatic N) is 2. The molecule has 2 unspecified atom stereocenters. The molecule has 5 heteroatoms. The van der Waals surface area contributed by atoms with Gasteiger partial charge in [0, 0.05) is 5.41 Å². The van der Waals surface area contributed by atoms with Crippen LogP contribution in [-0.2, 0) is 0 Å². The molecule has 0 fully saturated rings. The highest BCUT2D eigenvalue weighted by Crippen LogP contribution is 2.51. The fourth-order valence-corrected chi connectivity index (χ4v) is 6.14. The van der Waals surface area contributed by atoms with E-state index in [0.717, 1.165) is 46.1 Å². The van der Waals surface area contributed by atoms with Crippen molar-refractivity contribution in [3.05, 3.63) is 129 Å². The molecule has 0 amide bonds. The van der Waals surface area contributed by atoms with Crippen LogP contribution in [0.5, 0.6) is 0 Å². The maximum Gasteiger partial charge on any atom is 0.174 e. The molecule has 0 saturated heterocycles. The lowest BCUT2D eigenvalue weighted by Gasteiger charge is -2.41. The second kappa shape index (κ2) is 8.97. The van der Waals surface area contributed by atoms with Crippen LogP contribution in [0.15, 0.2) is 106 Å². The number of benzene rings is 3. The van der Waals surface area contributed by atoms with Gasteiger partial charge >= 0.3 is 0 Å². The summed E-state index contributed by atoms with van der Waals surface area (Å²) in [6.45, 7) is 2.26. The van der Waals surface area contributed by atoms with Crippen LogP contribution in [0.2, 0.25) is 0 Å². The average molecular weight is 483 g/mol. The minimum atomic E-state index is -0.240. The Labute approximate surface area is 208 Å². The number of allylic oxidation sites excluding steroid dienone is 1. The molecule has 0 aromatic heterocycles. The molecule has 2 heterocycles. The van der Waals surface area contributed by atoms with Gasteiger partial charge in [-0.05, 0) is 76.9 Å². The molecule has 3 aromatic rings. The van der Waals surface area contributed by atoms with Crippen LogP contribution in [0.3, 0.4) is 0 Å². The van der Waals surface area contributed by atoms with Gasteiger partial charge in [-0.3, -0.25) is 0 Å². The molecule has 3 aliphatic rings. The largest absolute Gasteiger partial charge is 0.308 e. The summed E-state index contributed by atoms with van der Waals surface area (Å²) in [5, 5.41) is 3.09. The maximum atomic E-state index is 13.9. The van der Waals surface area contributed by atoms with Gasteiger partial charge in [0.1, 0.15) is 11.6 Å². The first-order chi connectivity index (χ1) is 17.1. The molecule has 0 spiro atoms. The summed E-state index contributed by atoms with van der Waals surface area (Å²) in [7, 11) is 0. The van der Waals surface area contributed by atoms with E-state index in [0.29, 0.717) is 5.92 Å². The molecule has 2 nitrogen and oxygen atoms in total. The Balaban J connectivity index is 1.51. The minimum Gasteiger partial charge on any atom is -0.308 e. The van der Waals surface area contributed by atoms with Crippen LogP contribution < -0.4 is 0 Å². The number of aliphatic imine (C=N–C) groups is 1. The Morgan fingerprint density at radius 3 is 2.29 bits per heavy atom. The van der Waals surface area contributed by atoms with E-state index < -0.39 is 0 Å². The van der Waals surface area contributed by atoms with Crippen molar-refractivity contribution in [2.45, 2.75) is 25.8 Å². The SMILES string of the molecule is CC1CC(=Cc2ccc(F)cc2)C2=C(C1)C(c1ccc(F)cc1)N1C(c3ccccc3)=CSC1=N2. The van der Waals surface area contributed by atoms with Crippen molar-refractivity contribution in [2.24, 2.45) is 10.9 Å². The third kappa shape index (κ3) is 4.14. The Kier molecular flexibility index (Phi) is 5.65. The Morgan fingerprint density at radius 2 is 1.57 bits per heavy atom. The molecule has 0 saturated carbocycles. The summed E-state index contributed by atoms with van der Waals surface area (Å²) >= 11 is 1.63. The van der Waals surface area contributed by atoms with Gasteiger partial charge in [-0.25, -0.2) is 13.8 Å². The van der Waals surface area contributed by atoms with Gasteiger partial charge in [0.15, 0.2) is 5.17 Å². The number of fused-ring (bicyclic) bond motifs is 1. The van der Waals surface area contributed by atoms with Crippen molar-refractivity contribution in [2.75, 3.05) is 0 Å². The third-order valence-corrected chi connectivity index (χ3v) is 7.59. The predicted molar refractivity (Wildman–Crippen MR) is 140 cm³/mol. The summed E-state index contributed by atoms with van der Waals surface area (Å²) in [4.78, 5) is 7.49. The first-order valence-corrected chi connectivity index (χ1v) is 12.7. The number of halogens is 2. The smallest absolute Gasteiger partial charge is 0.174 e. The summed E-state index contributed by atoms with van der Waals surface area (Å²) in [5.74, 6) is -0.0494. The van der Waals surface area contributed by atoms with Gasteiger partial charge in [-0.1, -0.05) is 73.3 Å². The van der Waals surface area contributed by atoms with Crippen molar-refractivity contribution >= 4 is 28.7 Å². The number of rotatable bonds is 3. The van der Waals surface area contributed by atoms with Gasteiger partial charge in [0.25, 0.3) is 0 Å². The van der Waals surface area contributed by atoms with E-state index in [9.17, 15) is 8.78 Å². The highest BCUT2D eigenvalue weighted by atomic mass is 32.2. The van der Waals surface area contributed by atoms with Gasteiger partial charge in [-0.15, -0.1) is 0 Å². The summed E-state index contributed by atoms with van der Waals surface area (Å²) < 4.78 is 27.4. The van der Waals surface area contributed by atoms with E-state index in [1.54, 1.807) is 23.9 Å². The van der Waals surface area contributed by atoms with Crippen LogP contribution in [0.4, 0.5) is 8.78 Å². The zero-order valence-corrected chi connectivity index (χ0v) is 20.1. The van der Waals surface area contributed by atoms with Crippen molar-refractivity contribution in [3.63, 3.8) is 0 Å². The molecule has 3 aromatic carbocycles. The van der Waals surface area contributed by atoms with E-state index in [4.69, 9.17) is 4.99 Å². The van der Waals surface area contributed by atoms with Crippen molar-refractivity contribution in [3.8, 4) is 0 Å². The number of amidine groups is 1. The highest BCUT2D eigenvalue weighted by Gasteiger charge is 2.41. The zero-order valence-electron chi connectivity index (χ0n) is 19.3. The quantitative estimate of drug-likeness (QED) is 0.374. The normalized spacial score (nSPS) is 22.6. The molecule has 0 radical (unpaired) electrons. The molecular formula is C30H24F2N2S. The molecule has 2 atom stereocenters. The second-order valence-electron chi connectivity index (χ2n) is 9.31. The molecular weight excluding hydrogens is 458 g/mol. The van der Waals surface area contributed by atoms with Gasteiger partial charge in [0.2, 0.25) is 0 Å². The summed E-state index contributed by atoms with van der Waals surface area (Å²) in [6, 6.07) is 23.7. The second-order valence-corrected chi connectivity index (χ2v) is 10.2. The lowest BCUT2D eigenvalue weighted by Crippen LogP contribution is -2.35. The van der Waals surface area contributed by atoms with Crippen molar-refractivity contribution < 1.29 is 8.78 Å². The molecule has 174 valence electrons. The van der Waals surface area contributed by atoms with Crippen LogP contribution in [0.25, 0.3) is 11.8 Å². The molecule has 0 N–H and O–H groups in total. The third-order valence-electron chi connectivity index (χ3n) is 6.75. The first kappa shape index (κ1) is 22.1. The molecule has 1 aliphatic carbocycles. The fraction of sp³-hybridized carbons (Fsp3) is 0.167. The highest BCUT2D eigenvalue weighted by molar-refractivity contribution is 8.16. The zero-order chi connectivity index (χ0) is 23.9. The van der Waals surface area contributed by atoms with Gasteiger partial charge < -0.3 is 4.90 Å². The van der Waals surface area contributed by atoms with Gasteiger partial charge in [0.05, 0.1) is 17.4 Å². The first-order valence-electron chi connectivity index (χ1n) is 11.8. The standard InChI is InChI=1S/C30H24F2N2S/c1-19-15-23(17-20-7-11-24(31)12-8-20)28-26(16-19)29(22-9-13-25(32)14-10-22)34-27(18-35-30(34)33-28)21-5-3-2-4-6-21/h2-14,17-19,29H,15-16H2,1H3. The van der Waals surface area contributed by atoms with Crippen LogP contribution in [0, 0.1) is 17.6 Å². The lowest BCUT2D eigenvalue weighted by molar-refractivity contribution is 0.425. The monoisotopic (exact) mass is 482 g/mol. The minimum absolute atomic E-state index is 0.0704.